The van der Waals surface area contributed by atoms with Gasteiger partial charge in [-0.25, -0.2) is 4.79 Å². The van der Waals surface area contributed by atoms with Crippen molar-refractivity contribution in [2.45, 2.75) is 45.3 Å². The van der Waals surface area contributed by atoms with E-state index in [1.54, 1.807) is 6.92 Å². The summed E-state index contributed by atoms with van der Waals surface area (Å²) in [4.78, 5) is 11.7. The highest BCUT2D eigenvalue weighted by Gasteiger charge is 2.49. The Morgan fingerprint density at radius 2 is 2.13 bits per heavy atom. The fourth-order valence-corrected chi connectivity index (χ4v) is 1.51. The molecule has 0 aromatic carbocycles. The number of carbonyl (C=O) groups is 1. The second kappa shape index (κ2) is 4.94. The minimum Gasteiger partial charge on any atom is -0.465 e. The van der Waals surface area contributed by atoms with Crippen LogP contribution in [0.25, 0.3) is 0 Å². The molecule has 4 nitrogen and oxygen atoms in total. The first kappa shape index (κ1) is 12.5. The molecule has 15 heavy (non-hydrogen) atoms. The summed E-state index contributed by atoms with van der Waals surface area (Å²) in [6.07, 6.45) is 2.08. The fraction of sp³-hybridized carbons (Fsp3) is 0.909. The van der Waals surface area contributed by atoms with Gasteiger partial charge in [-0.3, -0.25) is 0 Å². The number of carbonyl (C=O) groups excluding carboxylic acids is 1. The molecule has 88 valence electrons. The van der Waals surface area contributed by atoms with E-state index < -0.39 is 5.54 Å². The Labute approximate surface area is 91.1 Å². The number of hydrogen-bond acceptors (Lipinski definition) is 4. The van der Waals surface area contributed by atoms with Gasteiger partial charge < -0.3 is 15.2 Å². The van der Waals surface area contributed by atoms with Crippen LogP contribution >= 0.6 is 0 Å². The van der Waals surface area contributed by atoms with E-state index in [9.17, 15) is 4.79 Å². The Kier molecular flexibility index (Phi) is 4.11. The van der Waals surface area contributed by atoms with Gasteiger partial charge in [0, 0.05) is 0 Å². The van der Waals surface area contributed by atoms with Crippen LogP contribution in [0.3, 0.4) is 0 Å². The number of hydrogen-bond donors (Lipinski definition) is 1. The van der Waals surface area contributed by atoms with Gasteiger partial charge >= 0.3 is 5.97 Å². The Morgan fingerprint density at radius 1 is 1.53 bits per heavy atom. The van der Waals surface area contributed by atoms with Gasteiger partial charge in [0.2, 0.25) is 0 Å². The zero-order valence-corrected chi connectivity index (χ0v) is 9.79. The molecule has 2 N–H and O–H groups in total. The molecule has 1 fully saturated rings. The lowest BCUT2D eigenvalue weighted by Gasteiger charge is -2.27. The fourth-order valence-electron chi connectivity index (χ4n) is 1.51. The summed E-state index contributed by atoms with van der Waals surface area (Å²) >= 11 is 0. The van der Waals surface area contributed by atoms with Crippen molar-refractivity contribution in [1.82, 2.24) is 0 Å². The molecule has 0 radical (unpaired) electrons. The predicted octanol–water partition coefficient (Wildman–Crippen LogP) is 1.08. The van der Waals surface area contributed by atoms with Crippen LogP contribution < -0.4 is 5.73 Å². The summed E-state index contributed by atoms with van der Waals surface area (Å²) < 4.78 is 10.4. The van der Waals surface area contributed by atoms with E-state index in [-0.39, 0.29) is 24.6 Å². The molecule has 1 atom stereocenters. The molecule has 1 unspecified atom stereocenters. The quantitative estimate of drug-likeness (QED) is 0.673. The van der Waals surface area contributed by atoms with E-state index in [0.29, 0.717) is 6.61 Å². The van der Waals surface area contributed by atoms with Crippen molar-refractivity contribution in [3.05, 3.63) is 0 Å². The van der Waals surface area contributed by atoms with Gasteiger partial charge in [-0.15, -0.1) is 0 Å². The largest absolute Gasteiger partial charge is 0.465 e. The smallest absolute Gasteiger partial charge is 0.328 e. The van der Waals surface area contributed by atoms with Crippen molar-refractivity contribution in [2.24, 2.45) is 11.7 Å². The van der Waals surface area contributed by atoms with Crippen LogP contribution in [-0.4, -0.2) is 30.8 Å². The molecule has 1 saturated carbocycles. The van der Waals surface area contributed by atoms with E-state index in [1.165, 1.54) is 0 Å². The third-order valence-corrected chi connectivity index (χ3v) is 2.62. The molecule has 0 amide bonds. The van der Waals surface area contributed by atoms with E-state index in [4.69, 9.17) is 15.2 Å². The standard InChI is InChI=1S/C11H21NO3/c1-4-14-10(13)11(12,9-5-6-9)7-15-8(2)3/h8-9H,4-7,12H2,1-3H3. The maximum atomic E-state index is 11.7. The lowest BCUT2D eigenvalue weighted by molar-refractivity contribution is -0.154. The first-order valence-corrected chi connectivity index (χ1v) is 5.58. The highest BCUT2D eigenvalue weighted by Crippen LogP contribution is 2.39. The van der Waals surface area contributed by atoms with Gasteiger partial charge in [-0.2, -0.15) is 0 Å². The summed E-state index contributed by atoms with van der Waals surface area (Å²) in [5, 5.41) is 0. The van der Waals surface area contributed by atoms with E-state index >= 15 is 0 Å². The van der Waals surface area contributed by atoms with Crippen molar-refractivity contribution in [3.8, 4) is 0 Å². The first-order valence-electron chi connectivity index (χ1n) is 5.58. The van der Waals surface area contributed by atoms with Gasteiger partial charge in [0.15, 0.2) is 0 Å². The Hall–Kier alpha value is -0.610. The number of esters is 1. The molecule has 1 aliphatic carbocycles. The van der Waals surface area contributed by atoms with Crippen molar-refractivity contribution in [3.63, 3.8) is 0 Å². The van der Waals surface area contributed by atoms with Gasteiger partial charge in [0.1, 0.15) is 5.54 Å². The molecule has 0 aliphatic heterocycles. The van der Waals surface area contributed by atoms with Crippen molar-refractivity contribution >= 4 is 5.97 Å². The first-order chi connectivity index (χ1) is 7.00. The Morgan fingerprint density at radius 3 is 2.53 bits per heavy atom. The van der Waals surface area contributed by atoms with Gasteiger partial charge in [-0.05, 0) is 39.5 Å². The van der Waals surface area contributed by atoms with Crippen LogP contribution in [0.5, 0.6) is 0 Å². The molecule has 0 spiro atoms. The number of nitrogens with two attached hydrogens (primary N) is 1. The van der Waals surface area contributed by atoms with E-state index in [0.717, 1.165) is 12.8 Å². The zero-order valence-electron chi connectivity index (χ0n) is 9.79. The SMILES string of the molecule is CCOC(=O)C(N)(COC(C)C)C1CC1. The maximum absolute atomic E-state index is 11.7. The molecule has 0 heterocycles. The molecule has 0 aromatic heterocycles. The third-order valence-electron chi connectivity index (χ3n) is 2.62. The van der Waals surface area contributed by atoms with Gasteiger partial charge in [0.25, 0.3) is 0 Å². The molecule has 0 saturated heterocycles. The van der Waals surface area contributed by atoms with Gasteiger partial charge in [0.05, 0.1) is 19.3 Å². The monoisotopic (exact) mass is 215 g/mol. The average molecular weight is 215 g/mol. The lowest BCUT2D eigenvalue weighted by Crippen LogP contribution is -2.55. The zero-order chi connectivity index (χ0) is 11.5. The number of ether oxygens (including phenoxy) is 2. The molecule has 1 rings (SSSR count). The van der Waals surface area contributed by atoms with Crippen LogP contribution in [0.4, 0.5) is 0 Å². The van der Waals surface area contributed by atoms with Crippen molar-refractivity contribution < 1.29 is 14.3 Å². The molecule has 0 aromatic rings. The maximum Gasteiger partial charge on any atom is 0.328 e. The highest BCUT2D eigenvalue weighted by molar-refractivity contribution is 5.81. The minimum atomic E-state index is -0.930. The van der Waals surface area contributed by atoms with Crippen LogP contribution in [0, 0.1) is 5.92 Å². The molecule has 0 bridgehead atoms. The summed E-state index contributed by atoms with van der Waals surface area (Å²) in [7, 11) is 0. The highest BCUT2D eigenvalue weighted by atomic mass is 16.5. The van der Waals surface area contributed by atoms with E-state index in [1.807, 2.05) is 13.8 Å². The Balaban J connectivity index is 2.56. The molecule has 4 heteroatoms. The molecular formula is C11H21NO3. The molecule has 1 aliphatic rings. The summed E-state index contributed by atoms with van der Waals surface area (Å²) in [5.41, 5.74) is 5.15. The predicted molar refractivity (Wildman–Crippen MR) is 57.4 cm³/mol. The second-order valence-corrected chi connectivity index (χ2v) is 4.39. The minimum absolute atomic E-state index is 0.0844. The van der Waals surface area contributed by atoms with Crippen LogP contribution in [-0.2, 0) is 14.3 Å². The summed E-state index contributed by atoms with van der Waals surface area (Å²) in [5.74, 6) is -0.0940. The third kappa shape index (κ3) is 3.18. The van der Waals surface area contributed by atoms with Crippen molar-refractivity contribution in [1.29, 1.82) is 0 Å². The average Bonchev–Trinajstić information content (AvgIpc) is 2.97. The lowest BCUT2D eigenvalue weighted by atomic mass is 9.96. The molecular weight excluding hydrogens is 194 g/mol. The van der Waals surface area contributed by atoms with Crippen molar-refractivity contribution in [2.75, 3.05) is 13.2 Å². The Bertz CT molecular complexity index is 226. The topological polar surface area (TPSA) is 61.5 Å². The summed E-state index contributed by atoms with van der Waals surface area (Å²) in [6, 6.07) is 0. The van der Waals surface area contributed by atoms with Crippen LogP contribution in [0.1, 0.15) is 33.6 Å². The van der Waals surface area contributed by atoms with Crippen LogP contribution in [0.2, 0.25) is 0 Å². The second-order valence-electron chi connectivity index (χ2n) is 4.39. The van der Waals surface area contributed by atoms with Gasteiger partial charge in [-0.1, -0.05) is 0 Å². The van der Waals surface area contributed by atoms with E-state index in [2.05, 4.69) is 0 Å². The normalized spacial score (nSPS) is 20.1. The van der Waals surface area contributed by atoms with Crippen LogP contribution in [0.15, 0.2) is 0 Å². The summed E-state index contributed by atoms with van der Waals surface area (Å²) in [6.45, 7) is 6.27. The number of rotatable bonds is 6.